The van der Waals surface area contributed by atoms with Crippen molar-refractivity contribution in [1.29, 1.82) is 0 Å². The van der Waals surface area contributed by atoms with Gasteiger partial charge in [0, 0.05) is 11.9 Å². The summed E-state index contributed by atoms with van der Waals surface area (Å²) in [6.07, 6.45) is 3.15. The van der Waals surface area contributed by atoms with E-state index in [9.17, 15) is 9.90 Å². The molecule has 1 N–H and O–H groups in total. The number of pyridine rings is 1. The molecule has 0 saturated carbocycles. The van der Waals surface area contributed by atoms with Gasteiger partial charge >= 0.3 is 0 Å². The fourth-order valence-electron chi connectivity index (χ4n) is 2.11. The molecule has 0 aliphatic carbocycles. The van der Waals surface area contributed by atoms with Gasteiger partial charge in [-0.25, -0.2) is 4.98 Å². The Labute approximate surface area is 115 Å². The third-order valence-corrected chi connectivity index (χ3v) is 3.10. The van der Waals surface area contributed by atoms with Crippen LogP contribution in [0.2, 0.25) is 0 Å². The van der Waals surface area contributed by atoms with Crippen molar-refractivity contribution in [2.45, 2.75) is 0 Å². The molecule has 1 aromatic carbocycles. The number of para-hydroxylation sites is 1. The van der Waals surface area contributed by atoms with E-state index in [-0.39, 0.29) is 12.3 Å². The van der Waals surface area contributed by atoms with Crippen LogP contribution in [0, 0.1) is 0 Å². The maximum Gasteiger partial charge on any atom is 0.281 e. The number of aliphatic hydroxyl groups is 1. The van der Waals surface area contributed by atoms with Crippen LogP contribution in [-0.2, 0) is 0 Å². The van der Waals surface area contributed by atoms with Crippen molar-refractivity contribution in [3.63, 3.8) is 0 Å². The second-order valence-electron chi connectivity index (χ2n) is 4.28. The van der Waals surface area contributed by atoms with Crippen molar-refractivity contribution in [2.75, 3.05) is 11.6 Å². The Balaban J connectivity index is 2.18. The molecule has 3 aromatic rings. The summed E-state index contributed by atoms with van der Waals surface area (Å²) in [4.78, 5) is 18.2. The minimum Gasteiger partial charge on any atom is -0.376 e. The van der Waals surface area contributed by atoms with Gasteiger partial charge in [0.25, 0.3) is 5.56 Å². The number of hydrogen-bond acceptors (Lipinski definition) is 4. The van der Waals surface area contributed by atoms with E-state index in [0.717, 1.165) is 5.69 Å². The van der Waals surface area contributed by atoms with E-state index < -0.39 is 0 Å². The molecule has 0 fully saturated rings. The molecule has 0 atom stereocenters. The number of aromatic nitrogens is 2. The quantitative estimate of drug-likeness (QED) is 0.735. The molecule has 0 bridgehead atoms. The molecule has 0 unspecified atom stereocenters. The van der Waals surface area contributed by atoms with Crippen molar-refractivity contribution >= 4 is 17.0 Å². The summed E-state index contributed by atoms with van der Waals surface area (Å²) in [6.45, 7) is -0.292. The van der Waals surface area contributed by atoms with Gasteiger partial charge in [0.05, 0.1) is 6.20 Å². The fraction of sp³-hybridized carbons (Fsp3) is 0.0667. The highest BCUT2D eigenvalue weighted by molar-refractivity contribution is 5.62. The molecular formula is C15H13N3O2. The van der Waals surface area contributed by atoms with Gasteiger partial charge in [-0.1, -0.05) is 24.3 Å². The summed E-state index contributed by atoms with van der Waals surface area (Å²) in [5.41, 5.74) is 1.44. The molecule has 0 radical (unpaired) electrons. The smallest absolute Gasteiger partial charge is 0.281 e. The lowest BCUT2D eigenvalue weighted by molar-refractivity contribution is 0.304. The van der Waals surface area contributed by atoms with Crippen LogP contribution in [0.1, 0.15) is 0 Å². The van der Waals surface area contributed by atoms with Crippen LogP contribution < -0.4 is 10.5 Å². The van der Waals surface area contributed by atoms with Crippen LogP contribution in [0.15, 0.2) is 65.7 Å². The Hall–Kier alpha value is -2.66. The van der Waals surface area contributed by atoms with Gasteiger partial charge in [0.1, 0.15) is 18.1 Å². The summed E-state index contributed by atoms with van der Waals surface area (Å²) >= 11 is 0. The molecule has 0 spiro atoms. The van der Waals surface area contributed by atoms with Crippen molar-refractivity contribution in [3.8, 4) is 0 Å². The molecule has 2 aromatic heterocycles. The minimum absolute atomic E-state index is 0.214. The van der Waals surface area contributed by atoms with E-state index in [1.165, 1.54) is 15.5 Å². The van der Waals surface area contributed by atoms with Crippen LogP contribution >= 0.6 is 0 Å². The summed E-state index contributed by atoms with van der Waals surface area (Å²) in [6, 6.07) is 14.6. The van der Waals surface area contributed by atoms with Gasteiger partial charge in [-0.05, 0) is 24.3 Å². The van der Waals surface area contributed by atoms with E-state index in [0.29, 0.717) is 11.3 Å². The van der Waals surface area contributed by atoms with Crippen molar-refractivity contribution in [1.82, 2.24) is 9.38 Å². The molecule has 2 heterocycles. The van der Waals surface area contributed by atoms with Gasteiger partial charge in [-0.15, -0.1) is 0 Å². The third-order valence-electron chi connectivity index (χ3n) is 3.10. The lowest BCUT2D eigenvalue weighted by Gasteiger charge is -2.21. The second kappa shape index (κ2) is 5.14. The maximum absolute atomic E-state index is 12.5. The van der Waals surface area contributed by atoms with E-state index in [1.807, 2.05) is 36.4 Å². The topological polar surface area (TPSA) is 57.8 Å². The highest BCUT2D eigenvalue weighted by Gasteiger charge is 2.13. The Morgan fingerprint density at radius 2 is 1.85 bits per heavy atom. The fourth-order valence-corrected chi connectivity index (χ4v) is 2.11. The van der Waals surface area contributed by atoms with E-state index >= 15 is 0 Å². The second-order valence-corrected chi connectivity index (χ2v) is 4.28. The molecule has 20 heavy (non-hydrogen) atoms. The monoisotopic (exact) mass is 267 g/mol. The van der Waals surface area contributed by atoms with Crippen LogP contribution in [0.5, 0.6) is 0 Å². The molecule has 0 aliphatic heterocycles. The molecule has 100 valence electrons. The summed E-state index contributed by atoms with van der Waals surface area (Å²) in [5.74, 6) is 0. The number of benzene rings is 1. The molecule has 0 amide bonds. The van der Waals surface area contributed by atoms with Crippen molar-refractivity contribution in [3.05, 3.63) is 71.3 Å². The first-order valence-electron chi connectivity index (χ1n) is 6.21. The number of rotatable bonds is 3. The van der Waals surface area contributed by atoms with Gasteiger partial charge in [0.15, 0.2) is 0 Å². The summed E-state index contributed by atoms with van der Waals surface area (Å²) in [5, 5.41) is 9.58. The minimum atomic E-state index is -0.292. The Morgan fingerprint density at radius 1 is 1.10 bits per heavy atom. The largest absolute Gasteiger partial charge is 0.376 e. The number of aliphatic hydroxyl groups excluding tert-OH is 1. The predicted molar refractivity (Wildman–Crippen MR) is 77.1 cm³/mol. The van der Waals surface area contributed by atoms with Crippen LogP contribution in [0.3, 0.4) is 0 Å². The first-order valence-corrected chi connectivity index (χ1v) is 6.21. The number of anilines is 2. The maximum atomic E-state index is 12.5. The van der Waals surface area contributed by atoms with Crippen molar-refractivity contribution in [2.24, 2.45) is 0 Å². The first kappa shape index (κ1) is 12.4. The Bertz CT molecular complexity index is 784. The Kier molecular flexibility index (Phi) is 3.18. The highest BCUT2D eigenvalue weighted by atomic mass is 16.3. The SMILES string of the molecule is O=c1c(N(CO)c2ccccc2)cnc2ccccn12. The van der Waals surface area contributed by atoms with Gasteiger partial charge < -0.3 is 10.0 Å². The average molecular weight is 267 g/mol. The number of fused-ring (bicyclic) bond motifs is 1. The molecule has 5 nitrogen and oxygen atoms in total. The lowest BCUT2D eigenvalue weighted by Crippen LogP contribution is -2.27. The summed E-state index contributed by atoms with van der Waals surface area (Å²) < 4.78 is 1.46. The van der Waals surface area contributed by atoms with Crippen LogP contribution in [0.4, 0.5) is 11.4 Å². The number of nitrogens with zero attached hydrogens (tertiary/aromatic N) is 3. The normalized spacial score (nSPS) is 10.7. The standard InChI is InChI=1S/C15H13N3O2/c19-11-18(12-6-2-1-3-7-12)13-10-16-14-8-4-5-9-17(14)15(13)20/h1-10,19H,11H2. The van der Waals surface area contributed by atoms with Gasteiger partial charge in [-0.2, -0.15) is 0 Å². The van der Waals surface area contributed by atoms with Crippen LogP contribution in [0.25, 0.3) is 5.65 Å². The highest BCUT2D eigenvalue weighted by Crippen LogP contribution is 2.20. The first-order chi connectivity index (χ1) is 9.81. The lowest BCUT2D eigenvalue weighted by atomic mass is 10.3. The molecular weight excluding hydrogens is 254 g/mol. The average Bonchev–Trinajstić information content (AvgIpc) is 2.51. The summed E-state index contributed by atoms with van der Waals surface area (Å²) in [7, 11) is 0. The van der Waals surface area contributed by atoms with E-state index in [1.54, 1.807) is 18.3 Å². The zero-order valence-electron chi connectivity index (χ0n) is 10.7. The van der Waals surface area contributed by atoms with E-state index in [2.05, 4.69) is 4.98 Å². The van der Waals surface area contributed by atoms with Gasteiger partial charge in [-0.3, -0.25) is 9.20 Å². The number of hydrogen-bond donors (Lipinski definition) is 1. The predicted octanol–water partition coefficient (Wildman–Crippen LogP) is 1.78. The van der Waals surface area contributed by atoms with Crippen LogP contribution in [-0.4, -0.2) is 21.2 Å². The molecule has 3 rings (SSSR count). The molecule has 0 aliphatic rings. The zero-order valence-corrected chi connectivity index (χ0v) is 10.7. The zero-order chi connectivity index (χ0) is 13.9. The van der Waals surface area contributed by atoms with Crippen molar-refractivity contribution < 1.29 is 5.11 Å². The van der Waals surface area contributed by atoms with E-state index in [4.69, 9.17) is 0 Å². The molecule has 0 saturated heterocycles. The third kappa shape index (κ3) is 2.04. The molecule has 5 heteroatoms. The Morgan fingerprint density at radius 3 is 2.60 bits per heavy atom. The van der Waals surface area contributed by atoms with Gasteiger partial charge in [0.2, 0.25) is 0 Å².